The van der Waals surface area contributed by atoms with E-state index in [1.54, 1.807) is 6.07 Å². The lowest BCUT2D eigenvalue weighted by molar-refractivity contribution is -0.117. The van der Waals surface area contributed by atoms with Crippen molar-refractivity contribution in [1.82, 2.24) is 10.3 Å². The third-order valence-corrected chi connectivity index (χ3v) is 2.81. The van der Waals surface area contributed by atoms with Gasteiger partial charge in [0.2, 0.25) is 11.8 Å². The van der Waals surface area contributed by atoms with E-state index in [9.17, 15) is 14.0 Å². The highest BCUT2D eigenvalue weighted by Gasteiger charge is 2.16. The van der Waals surface area contributed by atoms with Crippen LogP contribution in [0.25, 0.3) is 11.5 Å². The zero-order chi connectivity index (χ0) is 14.7. The Morgan fingerprint density at radius 3 is 2.85 bits per heavy atom. The predicted octanol–water partition coefficient (Wildman–Crippen LogP) is 1.46. The Kier molecular flexibility index (Phi) is 4.14. The van der Waals surface area contributed by atoms with Crippen LogP contribution in [0.5, 0.6) is 0 Å². The standard InChI is InChI=1S/C12H9BrFN3O3/c13-6-1-2-7(8(14)3-6)12-17-9(5-20-12)11(19)16-4-10(15)18/h1-3,5H,4H2,(H2,15,18)(H,16,19). The number of oxazole rings is 1. The van der Waals surface area contributed by atoms with Gasteiger partial charge in [0.15, 0.2) is 5.69 Å². The summed E-state index contributed by atoms with van der Waals surface area (Å²) in [6.07, 6.45) is 1.08. The van der Waals surface area contributed by atoms with Crippen molar-refractivity contribution in [2.75, 3.05) is 6.54 Å². The molecule has 0 bridgehead atoms. The highest BCUT2D eigenvalue weighted by molar-refractivity contribution is 9.10. The molecule has 3 N–H and O–H groups in total. The van der Waals surface area contributed by atoms with Gasteiger partial charge < -0.3 is 15.5 Å². The molecular formula is C12H9BrFN3O3. The molecule has 0 aliphatic carbocycles. The van der Waals surface area contributed by atoms with Crippen LogP contribution in [0.3, 0.4) is 0 Å². The lowest BCUT2D eigenvalue weighted by atomic mass is 10.2. The highest BCUT2D eigenvalue weighted by atomic mass is 79.9. The molecule has 104 valence electrons. The SMILES string of the molecule is NC(=O)CNC(=O)c1coc(-c2ccc(Br)cc2F)n1. The number of carbonyl (C=O) groups is 2. The van der Waals surface area contributed by atoms with E-state index in [4.69, 9.17) is 10.2 Å². The minimum Gasteiger partial charge on any atom is -0.444 e. The maximum Gasteiger partial charge on any atom is 0.273 e. The van der Waals surface area contributed by atoms with Crippen LogP contribution in [0.1, 0.15) is 10.5 Å². The molecule has 2 rings (SSSR count). The van der Waals surface area contributed by atoms with Gasteiger partial charge in [-0.15, -0.1) is 0 Å². The first-order valence-electron chi connectivity index (χ1n) is 5.45. The number of carbonyl (C=O) groups excluding carboxylic acids is 2. The van der Waals surface area contributed by atoms with E-state index in [2.05, 4.69) is 26.2 Å². The van der Waals surface area contributed by atoms with Crippen molar-refractivity contribution in [3.63, 3.8) is 0 Å². The molecule has 8 heteroatoms. The van der Waals surface area contributed by atoms with Crippen molar-refractivity contribution >= 4 is 27.7 Å². The molecule has 0 fully saturated rings. The van der Waals surface area contributed by atoms with Crippen LogP contribution in [0, 0.1) is 5.82 Å². The van der Waals surface area contributed by atoms with Crippen LogP contribution in [0.15, 0.2) is 33.4 Å². The Morgan fingerprint density at radius 1 is 1.45 bits per heavy atom. The summed E-state index contributed by atoms with van der Waals surface area (Å²) in [4.78, 5) is 26.0. The molecule has 20 heavy (non-hydrogen) atoms. The number of primary amides is 1. The summed E-state index contributed by atoms with van der Waals surface area (Å²) in [5.74, 6) is -1.87. The minimum absolute atomic E-state index is 0.0285. The Morgan fingerprint density at radius 2 is 2.20 bits per heavy atom. The fourth-order valence-electron chi connectivity index (χ4n) is 1.42. The first-order valence-corrected chi connectivity index (χ1v) is 6.24. The molecule has 6 nitrogen and oxygen atoms in total. The summed E-state index contributed by atoms with van der Waals surface area (Å²) in [5.41, 5.74) is 4.96. The summed E-state index contributed by atoms with van der Waals surface area (Å²) in [5, 5.41) is 2.25. The van der Waals surface area contributed by atoms with Gasteiger partial charge in [-0.05, 0) is 18.2 Å². The van der Waals surface area contributed by atoms with Gasteiger partial charge >= 0.3 is 0 Å². The topological polar surface area (TPSA) is 98.2 Å². The number of hydrogen-bond donors (Lipinski definition) is 2. The van der Waals surface area contributed by atoms with Crippen molar-refractivity contribution in [1.29, 1.82) is 0 Å². The van der Waals surface area contributed by atoms with Gasteiger partial charge in [-0.1, -0.05) is 15.9 Å². The normalized spacial score (nSPS) is 10.3. The number of nitrogens with two attached hydrogens (primary N) is 1. The van der Waals surface area contributed by atoms with Crippen LogP contribution in [0.4, 0.5) is 4.39 Å². The molecule has 2 amide bonds. The molecule has 1 heterocycles. The van der Waals surface area contributed by atoms with Gasteiger partial charge in [0, 0.05) is 4.47 Å². The van der Waals surface area contributed by atoms with E-state index in [0.717, 1.165) is 6.26 Å². The number of benzene rings is 1. The number of aromatic nitrogens is 1. The molecule has 0 saturated carbocycles. The zero-order valence-electron chi connectivity index (χ0n) is 10.0. The number of nitrogens with one attached hydrogen (secondary N) is 1. The summed E-state index contributed by atoms with van der Waals surface area (Å²) in [6.45, 7) is -0.312. The predicted molar refractivity (Wildman–Crippen MR) is 71.1 cm³/mol. The van der Waals surface area contributed by atoms with Crippen LogP contribution < -0.4 is 11.1 Å². The summed E-state index contributed by atoms with van der Waals surface area (Å²) in [6, 6.07) is 4.35. The van der Waals surface area contributed by atoms with Gasteiger partial charge in [-0.2, -0.15) is 0 Å². The van der Waals surface area contributed by atoms with E-state index < -0.39 is 17.6 Å². The fraction of sp³-hybridized carbons (Fsp3) is 0.0833. The van der Waals surface area contributed by atoms with E-state index >= 15 is 0 Å². The number of halogens is 2. The second kappa shape index (κ2) is 5.83. The van der Waals surface area contributed by atoms with Crippen LogP contribution >= 0.6 is 15.9 Å². The molecule has 0 spiro atoms. The van der Waals surface area contributed by atoms with Gasteiger partial charge in [-0.3, -0.25) is 9.59 Å². The third kappa shape index (κ3) is 3.21. The second-order valence-electron chi connectivity index (χ2n) is 3.81. The van der Waals surface area contributed by atoms with Crippen molar-refractivity contribution in [2.45, 2.75) is 0 Å². The monoisotopic (exact) mass is 341 g/mol. The molecule has 0 saturated heterocycles. The molecule has 0 aliphatic heterocycles. The van der Waals surface area contributed by atoms with Gasteiger partial charge in [0.05, 0.1) is 12.1 Å². The van der Waals surface area contributed by atoms with Crippen LogP contribution in [-0.2, 0) is 4.79 Å². The second-order valence-corrected chi connectivity index (χ2v) is 4.73. The van der Waals surface area contributed by atoms with E-state index in [-0.39, 0.29) is 23.7 Å². The number of hydrogen-bond acceptors (Lipinski definition) is 4. The molecule has 1 aromatic carbocycles. The van der Waals surface area contributed by atoms with E-state index in [1.807, 2.05) is 0 Å². The van der Waals surface area contributed by atoms with Crippen LogP contribution in [-0.4, -0.2) is 23.3 Å². The maximum atomic E-state index is 13.7. The quantitative estimate of drug-likeness (QED) is 0.879. The lowest BCUT2D eigenvalue weighted by Gasteiger charge is -1.99. The molecular weight excluding hydrogens is 333 g/mol. The van der Waals surface area contributed by atoms with Crippen LogP contribution in [0.2, 0.25) is 0 Å². The van der Waals surface area contributed by atoms with Gasteiger partial charge in [-0.25, -0.2) is 9.37 Å². The Balaban J connectivity index is 2.20. The van der Waals surface area contributed by atoms with Crippen molar-refractivity contribution < 1.29 is 18.4 Å². The number of rotatable bonds is 4. The summed E-state index contributed by atoms with van der Waals surface area (Å²) in [7, 11) is 0. The van der Waals surface area contributed by atoms with Gasteiger partial charge in [0.25, 0.3) is 5.91 Å². The third-order valence-electron chi connectivity index (χ3n) is 2.32. The maximum absolute atomic E-state index is 13.7. The smallest absolute Gasteiger partial charge is 0.273 e. The molecule has 1 aromatic heterocycles. The molecule has 2 aromatic rings. The summed E-state index contributed by atoms with van der Waals surface area (Å²) < 4.78 is 19.3. The summed E-state index contributed by atoms with van der Waals surface area (Å²) >= 11 is 3.13. The minimum atomic E-state index is -0.680. The zero-order valence-corrected chi connectivity index (χ0v) is 11.6. The first kappa shape index (κ1) is 14.2. The average molecular weight is 342 g/mol. The van der Waals surface area contributed by atoms with Crippen molar-refractivity contribution in [3.05, 3.63) is 40.4 Å². The van der Waals surface area contributed by atoms with Gasteiger partial charge in [0.1, 0.15) is 12.1 Å². The van der Waals surface area contributed by atoms with E-state index in [0.29, 0.717) is 4.47 Å². The molecule has 0 unspecified atom stereocenters. The van der Waals surface area contributed by atoms with Crippen molar-refractivity contribution in [2.24, 2.45) is 5.73 Å². The largest absolute Gasteiger partial charge is 0.444 e. The molecule has 0 radical (unpaired) electrons. The Labute approximate surface area is 121 Å². The van der Waals surface area contributed by atoms with E-state index in [1.165, 1.54) is 12.1 Å². The first-order chi connectivity index (χ1) is 9.47. The number of amides is 2. The average Bonchev–Trinajstić information content (AvgIpc) is 2.85. The molecule has 0 aliphatic rings. The highest BCUT2D eigenvalue weighted by Crippen LogP contribution is 2.24. The lowest BCUT2D eigenvalue weighted by Crippen LogP contribution is -2.33. The Hall–Kier alpha value is -2.22. The number of nitrogens with zero attached hydrogens (tertiary/aromatic N) is 1. The Bertz CT molecular complexity index is 672. The molecule has 0 atom stereocenters. The fourth-order valence-corrected chi connectivity index (χ4v) is 1.76. The van der Waals surface area contributed by atoms with Crippen molar-refractivity contribution in [3.8, 4) is 11.5 Å².